The van der Waals surface area contributed by atoms with Gasteiger partial charge >= 0.3 is 5.97 Å². The molecule has 0 aliphatic rings. The van der Waals surface area contributed by atoms with Gasteiger partial charge in [0.1, 0.15) is 23.3 Å². The van der Waals surface area contributed by atoms with E-state index in [0.29, 0.717) is 33.5 Å². The molecule has 0 aromatic heterocycles. The second-order valence-corrected chi connectivity index (χ2v) is 8.28. The molecule has 31 heavy (non-hydrogen) atoms. The van der Waals surface area contributed by atoms with E-state index >= 15 is 0 Å². The number of carbonyl (C=O) groups is 1. The van der Waals surface area contributed by atoms with Gasteiger partial charge in [-0.3, -0.25) is 15.5 Å². The molecule has 0 aliphatic carbocycles. The van der Waals surface area contributed by atoms with Gasteiger partial charge < -0.3 is 14.2 Å². The van der Waals surface area contributed by atoms with Crippen molar-refractivity contribution < 1.29 is 24.2 Å². The van der Waals surface area contributed by atoms with Gasteiger partial charge in [-0.15, -0.1) is 11.5 Å². The Morgan fingerprint density at radius 2 is 1.94 bits per heavy atom. The van der Waals surface area contributed by atoms with E-state index in [2.05, 4.69) is 17.2 Å². The van der Waals surface area contributed by atoms with Crippen LogP contribution in [0.5, 0.6) is 11.5 Å². The van der Waals surface area contributed by atoms with E-state index in [-0.39, 0.29) is 24.0 Å². The van der Waals surface area contributed by atoms with Gasteiger partial charge in [-0.2, -0.15) is 0 Å². The zero-order chi connectivity index (χ0) is 23.3. The third-order valence-electron chi connectivity index (χ3n) is 5.16. The minimum Gasteiger partial charge on any atom is -0.496 e. The number of hydrogen-bond donors (Lipinski definition) is 2. The lowest BCUT2D eigenvalue weighted by atomic mass is 9.81. The third-order valence-corrected chi connectivity index (χ3v) is 5.16. The molecular weight excluding hydrogens is 400 g/mol. The van der Waals surface area contributed by atoms with Crippen molar-refractivity contribution in [3.05, 3.63) is 41.3 Å². The first-order chi connectivity index (χ1) is 14.6. The quantitative estimate of drug-likeness (QED) is 0.209. The molecule has 2 aromatic rings. The largest absolute Gasteiger partial charge is 0.496 e. The average Bonchev–Trinajstić information content (AvgIpc) is 2.74. The Morgan fingerprint density at radius 3 is 2.42 bits per heavy atom. The molecule has 0 saturated heterocycles. The first-order valence-electron chi connectivity index (χ1n) is 9.93. The Kier molecular flexibility index (Phi) is 7.62. The Balaban J connectivity index is 2.91. The van der Waals surface area contributed by atoms with Crippen molar-refractivity contribution in [3.8, 4) is 11.5 Å². The monoisotopic (exact) mass is 430 g/mol. The lowest BCUT2D eigenvalue weighted by molar-refractivity contribution is -0.155. The molecule has 2 N–H and O–H groups in total. The number of nitrogens with one attached hydrogen (secondary N) is 1. The van der Waals surface area contributed by atoms with Crippen molar-refractivity contribution in [1.82, 2.24) is 0 Å². The SMILES string of the molecule is C=CC(C)(C)C(OC(=O)CC(C)C)c1cc(OC)c2c(NO)ccc(N=O)c2c1OC. The minimum absolute atomic E-state index is 0.0923. The highest BCUT2D eigenvalue weighted by Crippen LogP contribution is 2.50. The van der Waals surface area contributed by atoms with Crippen LogP contribution in [-0.2, 0) is 9.53 Å². The molecule has 0 amide bonds. The van der Waals surface area contributed by atoms with Crippen molar-refractivity contribution in [1.29, 1.82) is 0 Å². The number of methoxy groups -OCH3 is 2. The fourth-order valence-electron chi connectivity index (χ4n) is 3.48. The third kappa shape index (κ3) is 4.80. The van der Waals surface area contributed by atoms with Gasteiger partial charge in [-0.25, -0.2) is 0 Å². The molecule has 0 radical (unpaired) electrons. The molecule has 1 unspecified atom stereocenters. The number of carbonyl (C=O) groups excluding carboxylic acids is 1. The number of esters is 1. The molecule has 1 atom stereocenters. The van der Waals surface area contributed by atoms with Crippen LogP contribution in [0.1, 0.15) is 45.8 Å². The van der Waals surface area contributed by atoms with Crippen LogP contribution in [0.2, 0.25) is 0 Å². The Morgan fingerprint density at radius 1 is 1.26 bits per heavy atom. The second kappa shape index (κ2) is 9.78. The van der Waals surface area contributed by atoms with Gasteiger partial charge in [0.25, 0.3) is 0 Å². The van der Waals surface area contributed by atoms with Gasteiger partial charge in [-0.1, -0.05) is 33.8 Å². The molecule has 0 heterocycles. The molecule has 0 spiro atoms. The van der Waals surface area contributed by atoms with Crippen LogP contribution in [0.4, 0.5) is 11.4 Å². The van der Waals surface area contributed by atoms with E-state index < -0.39 is 11.5 Å². The Bertz CT molecular complexity index is 984. The van der Waals surface area contributed by atoms with E-state index in [1.165, 1.54) is 26.4 Å². The maximum atomic E-state index is 12.6. The van der Waals surface area contributed by atoms with Crippen LogP contribution < -0.4 is 15.0 Å². The highest BCUT2D eigenvalue weighted by atomic mass is 16.5. The summed E-state index contributed by atoms with van der Waals surface area (Å²) < 4.78 is 17.2. The van der Waals surface area contributed by atoms with Crippen LogP contribution >= 0.6 is 0 Å². The number of ether oxygens (including phenoxy) is 3. The molecule has 8 heteroatoms. The van der Waals surface area contributed by atoms with Crippen molar-refractivity contribution in [3.63, 3.8) is 0 Å². The van der Waals surface area contributed by atoms with Crippen molar-refractivity contribution >= 4 is 28.1 Å². The summed E-state index contributed by atoms with van der Waals surface area (Å²) in [7, 11) is 2.91. The summed E-state index contributed by atoms with van der Waals surface area (Å²) in [5.74, 6) is 0.394. The molecule has 168 valence electrons. The maximum Gasteiger partial charge on any atom is 0.306 e. The molecule has 8 nitrogen and oxygen atoms in total. The standard InChI is InChI=1S/C23H30N2O6/c1-8-23(4,5)22(31-18(26)11-13(2)3)14-12-17(29-6)19-15(24-27)9-10-16(25-28)20(19)21(14)30-7/h8-10,12-13,22,24,27H,1,11H2,2-7H3. The summed E-state index contributed by atoms with van der Waals surface area (Å²) in [5, 5.41) is 13.5. The summed E-state index contributed by atoms with van der Waals surface area (Å²) >= 11 is 0. The number of fused-ring (bicyclic) bond motifs is 1. The van der Waals surface area contributed by atoms with Crippen LogP contribution in [-0.4, -0.2) is 25.4 Å². The van der Waals surface area contributed by atoms with Crippen molar-refractivity contribution in [2.24, 2.45) is 16.5 Å². The minimum atomic E-state index is -0.783. The van der Waals surface area contributed by atoms with Crippen LogP contribution in [0, 0.1) is 16.2 Å². The summed E-state index contributed by atoms with van der Waals surface area (Å²) in [6, 6.07) is 4.64. The Labute approximate surface area is 182 Å². The van der Waals surface area contributed by atoms with E-state index in [0.717, 1.165) is 0 Å². The molecule has 0 bridgehead atoms. The lowest BCUT2D eigenvalue weighted by Gasteiger charge is -2.33. The fraction of sp³-hybridized carbons (Fsp3) is 0.435. The van der Waals surface area contributed by atoms with Gasteiger partial charge in [0, 0.05) is 17.4 Å². The van der Waals surface area contributed by atoms with Crippen LogP contribution in [0.3, 0.4) is 0 Å². The van der Waals surface area contributed by atoms with Gasteiger partial charge in [0.2, 0.25) is 0 Å². The molecule has 0 aliphatic heterocycles. The maximum absolute atomic E-state index is 12.6. The summed E-state index contributed by atoms with van der Waals surface area (Å²) in [4.78, 5) is 24.2. The zero-order valence-electron chi connectivity index (χ0n) is 18.8. The molecule has 2 aromatic carbocycles. The smallest absolute Gasteiger partial charge is 0.306 e. The van der Waals surface area contributed by atoms with Gasteiger partial charge in [0.15, 0.2) is 0 Å². The molecular formula is C23H30N2O6. The predicted molar refractivity (Wildman–Crippen MR) is 120 cm³/mol. The second-order valence-electron chi connectivity index (χ2n) is 8.28. The van der Waals surface area contributed by atoms with Crippen LogP contribution in [0.15, 0.2) is 36.0 Å². The van der Waals surface area contributed by atoms with Crippen LogP contribution in [0.25, 0.3) is 10.8 Å². The number of hydrogen-bond acceptors (Lipinski definition) is 8. The summed E-state index contributed by atoms with van der Waals surface area (Å²) in [6.07, 6.45) is 1.16. The van der Waals surface area contributed by atoms with E-state index in [9.17, 15) is 14.9 Å². The fourth-order valence-corrected chi connectivity index (χ4v) is 3.48. The molecule has 0 fully saturated rings. The lowest BCUT2D eigenvalue weighted by Crippen LogP contribution is -2.26. The number of benzene rings is 2. The van der Waals surface area contributed by atoms with E-state index in [1.54, 1.807) is 12.1 Å². The summed E-state index contributed by atoms with van der Waals surface area (Å²) in [6.45, 7) is 11.5. The number of nitroso groups, excluding NO2 is 1. The predicted octanol–water partition coefficient (Wildman–Crippen LogP) is 5.90. The van der Waals surface area contributed by atoms with E-state index in [4.69, 9.17) is 14.2 Å². The van der Waals surface area contributed by atoms with Crippen molar-refractivity contribution in [2.75, 3.05) is 19.7 Å². The topological polar surface area (TPSA) is 106 Å². The Hall–Kier alpha value is -3.13. The first-order valence-corrected chi connectivity index (χ1v) is 9.93. The van der Waals surface area contributed by atoms with Gasteiger partial charge in [-0.05, 0) is 29.3 Å². The number of rotatable bonds is 10. The molecule has 0 saturated carbocycles. The summed E-state index contributed by atoms with van der Waals surface area (Å²) in [5.41, 5.74) is 2.32. The highest BCUT2D eigenvalue weighted by Gasteiger charge is 2.36. The van der Waals surface area contributed by atoms with Gasteiger partial charge in [0.05, 0.1) is 30.7 Å². The molecule has 2 rings (SSSR count). The number of anilines is 1. The van der Waals surface area contributed by atoms with E-state index in [1.807, 2.05) is 27.7 Å². The normalized spacial score (nSPS) is 12.4. The first kappa shape index (κ1) is 24.1. The number of nitrogens with zero attached hydrogens (tertiary/aromatic N) is 1. The highest BCUT2D eigenvalue weighted by molar-refractivity contribution is 6.08. The zero-order valence-corrected chi connectivity index (χ0v) is 18.8. The van der Waals surface area contributed by atoms with Crippen molar-refractivity contribution in [2.45, 2.75) is 40.2 Å². The average molecular weight is 431 g/mol.